The fourth-order valence-electron chi connectivity index (χ4n) is 0.0659. The van der Waals surface area contributed by atoms with E-state index in [-0.39, 0.29) is 0 Å². The highest BCUT2D eigenvalue weighted by Crippen LogP contribution is 1.67. The molecule has 0 aromatic heterocycles. The standard InChI is InChI=1S/C2H5BrN2O/c3-1-5-2(4)6/h1H2,(H3,4,5,6). The number of nitrogens with one attached hydrogen (secondary N) is 1. The van der Waals surface area contributed by atoms with Crippen LogP contribution in [-0.4, -0.2) is 11.5 Å². The predicted molar refractivity (Wildman–Crippen MR) is 26.5 cm³/mol. The van der Waals surface area contributed by atoms with E-state index < -0.39 is 6.03 Å². The van der Waals surface area contributed by atoms with Crippen molar-refractivity contribution in [2.45, 2.75) is 0 Å². The third-order valence-electron chi connectivity index (χ3n) is 0.241. The first kappa shape index (κ1) is 5.75. The summed E-state index contributed by atoms with van der Waals surface area (Å²) in [6.45, 7) is 0. The molecule has 0 aliphatic carbocycles. The smallest absolute Gasteiger partial charge is 0.312 e. The number of carbonyl (C=O) groups excluding carboxylic acids is 1. The number of primary amides is 1. The number of hydrogen-bond acceptors (Lipinski definition) is 1. The lowest BCUT2D eigenvalue weighted by Crippen LogP contribution is -2.27. The van der Waals surface area contributed by atoms with Gasteiger partial charge in [-0.2, -0.15) is 0 Å². The molecular weight excluding hydrogens is 148 g/mol. The molecule has 0 saturated heterocycles. The largest absolute Gasteiger partial charge is 0.352 e. The molecule has 0 bridgehead atoms. The van der Waals surface area contributed by atoms with E-state index in [9.17, 15) is 4.79 Å². The Morgan fingerprint density at radius 1 is 2.00 bits per heavy atom. The van der Waals surface area contributed by atoms with Crippen LogP contribution in [0.1, 0.15) is 0 Å². The molecule has 0 rings (SSSR count). The number of hydrogen-bond donors (Lipinski definition) is 2. The SMILES string of the molecule is NC(=O)NCBr. The van der Waals surface area contributed by atoms with Gasteiger partial charge < -0.3 is 11.1 Å². The summed E-state index contributed by atoms with van der Waals surface area (Å²) in [6, 6.07) is -0.508. The molecule has 0 aliphatic heterocycles. The molecule has 0 fully saturated rings. The molecule has 36 valence electrons. The zero-order chi connectivity index (χ0) is 4.99. The number of halogens is 1. The van der Waals surface area contributed by atoms with Crippen LogP contribution in [0.2, 0.25) is 0 Å². The highest BCUT2D eigenvalue weighted by Gasteiger charge is 1.80. The van der Waals surface area contributed by atoms with E-state index in [1.807, 2.05) is 0 Å². The topological polar surface area (TPSA) is 55.1 Å². The fraction of sp³-hybridized carbons (Fsp3) is 0.500. The minimum absolute atomic E-state index is 0.419. The van der Waals surface area contributed by atoms with Gasteiger partial charge in [0.25, 0.3) is 0 Å². The first-order valence-electron chi connectivity index (χ1n) is 1.36. The van der Waals surface area contributed by atoms with Crippen LogP contribution in [0.25, 0.3) is 0 Å². The monoisotopic (exact) mass is 152 g/mol. The fourth-order valence-corrected chi connectivity index (χ4v) is 0.342. The number of nitrogens with two attached hydrogens (primary N) is 1. The summed E-state index contributed by atoms with van der Waals surface area (Å²) in [4.78, 5) is 9.68. The van der Waals surface area contributed by atoms with Crippen molar-refractivity contribution in [3.8, 4) is 0 Å². The van der Waals surface area contributed by atoms with E-state index in [2.05, 4.69) is 27.0 Å². The Hall–Kier alpha value is -0.250. The third-order valence-corrected chi connectivity index (χ3v) is 0.521. The van der Waals surface area contributed by atoms with Crippen molar-refractivity contribution in [3.63, 3.8) is 0 Å². The van der Waals surface area contributed by atoms with Crippen molar-refractivity contribution in [3.05, 3.63) is 0 Å². The average molecular weight is 153 g/mol. The highest BCUT2D eigenvalue weighted by molar-refractivity contribution is 9.09. The van der Waals surface area contributed by atoms with Gasteiger partial charge in [0.1, 0.15) is 0 Å². The zero-order valence-electron chi connectivity index (χ0n) is 3.07. The van der Waals surface area contributed by atoms with Gasteiger partial charge in [-0.15, -0.1) is 0 Å². The van der Waals surface area contributed by atoms with Crippen molar-refractivity contribution < 1.29 is 4.79 Å². The summed E-state index contributed by atoms with van der Waals surface area (Å²) in [5.41, 5.74) is 5.04. The maximum absolute atomic E-state index is 9.68. The molecule has 2 amide bonds. The Labute approximate surface area is 44.0 Å². The lowest BCUT2D eigenvalue weighted by Gasteiger charge is -1.87. The molecule has 0 heterocycles. The summed E-state index contributed by atoms with van der Waals surface area (Å²) >= 11 is 2.94. The molecule has 0 atom stereocenters. The van der Waals surface area contributed by atoms with Gasteiger partial charge in [-0.05, 0) is 0 Å². The van der Waals surface area contributed by atoms with E-state index in [0.29, 0.717) is 5.45 Å². The summed E-state index contributed by atoms with van der Waals surface area (Å²) < 4.78 is 0. The average Bonchev–Trinajstić information content (AvgIpc) is 1.35. The number of carbonyl (C=O) groups is 1. The molecule has 0 spiro atoms. The van der Waals surface area contributed by atoms with E-state index in [4.69, 9.17) is 0 Å². The van der Waals surface area contributed by atoms with Gasteiger partial charge in [-0.3, -0.25) is 0 Å². The van der Waals surface area contributed by atoms with E-state index in [0.717, 1.165) is 0 Å². The first-order valence-corrected chi connectivity index (χ1v) is 2.49. The van der Waals surface area contributed by atoms with Gasteiger partial charge in [0.15, 0.2) is 0 Å². The molecule has 4 heteroatoms. The molecule has 6 heavy (non-hydrogen) atoms. The maximum atomic E-state index is 9.68. The minimum Gasteiger partial charge on any atom is -0.352 e. The second-order valence-electron chi connectivity index (χ2n) is 0.675. The van der Waals surface area contributed by atoms with Gasteiger partial charge in [0.2, 0.25) is 0 Å². The molecular formula is C2H5BrN2O. The van der Waals surface area contributed by atoms with Gasteiger partial charge >= 0.3 is 6.03 Å². The Kier molecular flexibility index (Phi) is 2.84. The van der Waals surface area contributed by atoms with Crippen molar-refractivity contribution >= 4 is 22.0 Å². The molecule has 0 aromatic rings. The van der Waals surface area contributed by atoms with Crippen molar-refractivity contribution in [2.24, 2.45) is 5.73 Å². The molecule has 3 nitrogen and oxygen atoms in total. The molecule has 0 aromatic carbocycles. The van der Waals surface area contributed by atoms with Crippen LogP contribution in [-0.2, 0) is 0 Å². The number of amides is 2. The zero-order valence-corrected chi connectivity index (χ0v) is 4.66. The minimum atomic E-state index is -0.508. The van der Waals surface area contributed by atoms with Crippen LogP contribution >= 0.6 is 15.9 Å². The van der Waals surface area contributed by atoms with Gasteiger partial charge in [-0.25, -0.2) is 4.79 Å². The normalized spacial score (nSPS) is 7.50. The van der Waals surface area contributed by atoms with E-state index >= 15 is 0 Å². The number of alkyl halides is 1. The molecule has 0 saturated carbocycles. The third kappa shape index (κ3) is 3.75. The second kappa shape index (κ2) is 2.96. The maximum Gasteiger partial charge on any atom is 0.312 e. The van der Waals surface area contributed by atoms with Crippen LogP contribution in [0.3, 0.4) is 0 Å². The number of urea groups is 1. The second-order valence-corrected chi connectivity index (χ2v) is 1.24. The van der Waals surface area contributed by atoms with Crippen LogP contribution in [0.5, 0.6) is 0 Å². The van der Waals surface area contributed by atoms with Crippen LogP contribution in [0.4, 0.5) is 4.79 Å². The molecule has 0 radical (unpaired) electrons. The molecule has 0 aliphatic rings. The lowest BCUT2D eigenvalue weighted by molar-refractivity contribution is 0.250. The molecule has 3 N–H and O–H groups in total. The van der Waals surface area contributed by atoms with Crippen LogP contribution in [0.15, 0.2) is 0 Å². The van der Waals surface area contributed by atoms with E-state index in [1.54, 1.807) is 0 Å². The lowest BCUT2D eigenvalue weighted by atomic mass is 11.0. The van der Waals surface area contributed by atoms with Crippen molar-refractivity contribution in [1.82, 2.24) is 5.32 Å². The van der Waals surface area contributed by atoms with Crippen LogP contribution < -0.4 is 11.1 Å². The Balaban J connectivity index is 2.83. The summed E-state index contributed by atoms with van der Waals surface area (Å²) in [7, 11) is 0. The Morgan fingerprint density at radius 2 is 2.50 bits per heavy atom. The summed E-state index contributed by atoms with van der Waals surface area (Å²) in [5, 5.41) is 2.26. The molecule has 0 unspecified atom stereocenters. The van der Waals surface area contributed by atoms with E-state index in [1.165, 1.54) is 0 Å². The summed E-state index contributed by atoms with van der Waals surface area (Å²) in [5.74, 6) is 0. The highest BCUT2D eigenvalue weighted by atomic mass is 79.9. The van der Waals surface area contributed by atoms with Gasteiger partial charge in [0.05, 0.1) is 5.45 Å². The van der Waals surface area contributed by atoms with Crippen molar-refractivity contribution in [1.29, 1.82) is 0 Å². The Bertz CT molecular complexity index is 55.5. The first-order chi connectivity index (χ1) is 2.77. The van der Waals surface area contributed by atoms with Crippen LogP contribution in [0, 0.1) is 0 Å². The summed E-state index contributed by atoms with van der Waals surface area (Å²) in [6.07, 6.45) is 0. The quantitative estimate of drug-likeness (QED) is 0.404. The van der Waals surface area contributed by atoms with Gasteiger partial charge in [-0.1, -0.05) is 15.9 Å². The predicted octanol–water partition coefficient (Wildman–Crippen LogP) is 0.00710. The number of rotatable bonds is 1. The van der Waals surface area contributed by atoms with Crippen molar-refractivity contribution in [2.75, 3.05) is 5.45 Å². The van der Waals surface area contributed by atoms with Gasteiger partial charge in [0, 0.05) is 0 Å². The Morgan fingerprint density at radius 3 is 2.50 bits per heavy atom.